The number of rotatable bonds is 3. The quantitative estimate of drug-likeness (QED) is 0.527. The predicted molar refractivity (Wildman–Crippen MR) is 95.1 cm³/mol. The van der Waals surface area contributed by atoms with Crippen LogP contribution in [0.2, 0.25) is 0 Å². The van der Waals surface area contributed by atoms with E-state index in [4.69, 9.17) is 0 Å². The minimum Gasteiger partial charge on any atom is -0.197 e. The summed E-state index contributed by atoms with van der Waals surface area (Å²) in [5.41, 5.74) is 2.52. The van der Waals surface area contributed by atoms with E-state index in [0.717, 1.165) is 11.1 Å². The third-order valence-electron chi connectivity index (χ3n) is 4.32. The molecule has 1 atom stereocenters. The Bertz CT molecular complexity index is 1180. The Labute approximate surface area is 157 Å². The molecule has 28 heavy (non-hydrogen) atoms. The van der Waals surface area contributed by atoms with E-state index < -0.39 is 17.9 Å². The van der Waals surface area contributed by atoms with Crippen LogP contribution in [0.15, 0.2) is 66.7 Å². The van der Waals surface area contributed by atoms with Gasteiger partial charge in [-0.15, -0.1) is 10.2 Å². The third-order valence-corrected chi connectivity index (χ3v) is 4.32. The van der Waals surface area contributed by atoms with Crippen molar-refractivity contribution in [1.82, 2.24) is 19.8 Å². The second-order valence-corrected chi connectivity index (χ2v) is 6.06. The summed E-state index contributed by atoms with van der Waals surface area (Å²) in [7, 11) is 0. The van der Waals surface area contributed by atoms with Crippen molar-refractivity contribution in [2.45, 2.75) is 12.1 Å². The fraction of sp³-hybridized carbons (Fsp3) is 0.100. The van der Waals surface area contributed by atoms with Gasteiger partial charge in [0.05, 0.1) is 11.8 Å². The SMILES string of the molecule is N#CC(c1ccc2nnc(C(F)(F)F)n2n1)c1ccccc1-c1ccccc1. The van der Waals surface area contributed by atoms with Gasteiger partial charge in [0.25, 0.3) is 5.82 Å². The maximum atomic E-state index is 13.1. The minimum atomic E-state index is -4.70. The molecule has 0 amide bonds. The first-order valence-corrected chi connectivity index (χ1v) is 8.32. The summed E-state index contributed by atoms with van der Waals surface area (Å²) in [6.45, 7) is 0. The molecule has 0 aliphatic carbocycles. The number of hydrogen-bond acceptors (Lipinski definition) is 4. The zero-order valence-electron chi connectivity index (χ0n) is 14.3. The summed E-state index contributed by atoms with van der Waals surface area (Å²) in [6.07, 6.45) is -4.70. The number of nitrogens with zero attached hydrogens (tertiary/aromatic N) is 5. The zero-order chi connectivity index (χ0) is 19.7. The number of halogens is 3. The van der Waals surface area contributed by atoms with Gasteiger partial charge in [-0.05, 0) is 28.8 Å². The summed E-state index contributed by atoms with van der Waals surface area (Å²) >= 11 is 0. The first-order chi connectivity index (χ1) is 13.5. The smallest absolute Gasteiger partial charge is 0.197 e. The van der Waals surface area contributed by atoms with Crippen LogP contribution >= 0.6 is 0 Å². The normalized spacial score (nSPS) is 12.6. The Hall–Kier alpha value is -3.73. The molecule has 2 aromatic heterocycles. The maximum absolute atomic E-state index is 13.1. The van der Waals surface area contributed by atoms with Crippen molar-refractivity contribution in [1.29, 1.82) is 5.26 Å². The van der Waals surface area contributed by atoms with Crippen molar-refractivity contribution >= 4 is 5.65 Å². The summed E-state index contributed by atoms with van der Waals surface area (Å²) in [4.78, 5) is 0. The fourth-order valence-corrected chi connectivity index (χ4v) is 3.06. The average Bonchev–Trinajstić information content (AvgIpc) is 3.13. The molecule has 2 heterocycles. The number of alkyl halides is 3. The maximum Gasteiger partial charge on any atom is 0.453 e. The second-order valence-electron chi connectivity index (χ2n) is 6.06. The molecule has 4 aromatic rings. The van der Waals surface area contributed by atoms with Crippen molar-refractivity contribution < 1.29 is 13.2 Å². The van der Waals surface area contributed by atoms with Crippen LogP contribution in [-0.4, -0.2) is 19.8 Å². The highest BCUT2D eigenvalue weighted by Crippen LogP contribution is 2.33. The Kier molecular flexibility index (Phi) is 4.28. The zero-order valence-corrected chi connectivity index (χ0v) is 14.3. The van der Waals surface area contributed by atoms with E-state index in [9.17, 15) is 18.4 Å². The predicted octanol–water partition coefficient (Wildman–Crippen LogP) is 4.47. The van der Waals surface area contributed by atoms with Crippen molar-refractivity contribution in [2.75, 3.05) is 0 Å². The summed E-state index contributed by atoms with van der Waals surface area (Å²) < 4.78 is 40.1. The van der Waals surface area contributed by atoms with E-state index in [2.05, 4.69) is 21.4 Å². The lowest BCUT2D eigenvalue weighted by Gasteiger charge is -2.15. The number of fused-ring (bicyclic) bond motifs is 1. The summed E-state index contributed by atoms with van der Waals surface area (Å²) in [6, 6.07) is 21.8. The van der Waals surface area contributed by atoms with E-state index in [0.29, 0.717) is 10.1 Å². The van der Waals surface area contributed by atoms with Gasteiger partial charge in [0, 0.05) is 0 Å². The highest BCUT2D eigenvalue weighted by molar-refractivity contribution is 5.69. The Morgan fingerprint density at radius 2 is 1.61 bits per heavy atom. The Balaban J connectivity index is 1.87. The highest BCUT2D eigenvalue weighted by atomic mass is 19.4. The Morgan fingerprint density at radius 3 is 2.32 bits per heavy atom. The molecule has 138 valence electrons. The number of aromatic nitrogens is 4. The van der Waals surface area contributed by atoms with Crippen molar-refractivity contribution in [3.05, 3.63) is 83.8 Å². The van der Waals surface area contributed by atoms with E-state index in [1.165, 1.54) is 12.1 Å². The molecular formula is C20H12F3N5. The van der Waals surface area contributed by atoms with Crippen molar-refractivity contribution in [2.24, 2.45) is 0 Å². The van der Waals surface area contributed by atoms with Crippen LogP contribution in [-0.2, 0) is 6.18 Å². The third kappa shape index (κ3) is 3.07. The molecule has 4 rings (SSSR count). The number of nitriles is 1. The molecular weight excluding hydrogens is 367 g/mol. The van der Waals surface area contributed by atoms with Gasteiger partial charge in [-0.1, -0.05) is 54.6 Å². The minimum absolute atomic E-state index is 0.0379. The van der Waals surface area contributed by atoms with E-state index >= 15 is 0 Å². The fourth-order valence-electron chi connectivity index (χ4n) is 3.06. The first kappa shape index (κ1) is 17.7. The van der Waals surface area contributed by atoms with Crippen LogP contribution in [0.4, 0.5) is 13.2 Å². The lowest BCUT2D eigenvalue weighted by Crippen LogP contribution is -2.14. The monoisotopic (exact) mass is 379 g/mol. The van der Waals surface area contributed by atoms with Gasteiger partial charge in [0.1, 0.15) is 5.92 Å². The van der Waals surface area contributed by atoms with Gasteiger partial charge < -0.3 is 0 Å². The Morgan fingerprint density at radius 1 is 0.893 bits per heavy atom. The number of benzene rings is 2. The van der Waals surface area contributed by atoms with E-state index in [1.54, 1.807) is 12.1 Å². The largest absolute Gasteiger partial charge is 0.453 e. The molecule has 0 fully saturated rings. The topological polar surface area (TPSA) is 66.9 Å². The lowest BCUT2D eigenvalue weighted by atomic mass is 9.89. The molecule has 0 bridgehead atoms. The molecule has 0 radical (unpaired) electrons. The molecule has 0 spiro atoms. The van der Waals surface area contributed by atoms with Gasteiger partial charge in [0.15, 0.2) is 5.65 Å². The molecule has 0 saturated carbocycles. The van der Waals surface area contributed by atoms with Gasteiger partial charge in [0.2, 0.25) is 0 Å². The molecule has 5 nitrogen and oxygen atoms in total. The standard InChI is InChI=1S/C20H12F3N5/c21-20(22,23)19-26-25-18-11-10-17(27-28(18)19)16(12-24)15-9-5-4-8-14(15)13-6-2-1-3-7-13/h1-11,16H. The summed E-state index contributed by atoms with van der Waals surface area (Å²) in [5, 5.41) is 20.5. The second kappa shape index (κ2) is 6.78. The van der Waals surface area contributed by atoms with Crippen LogP contribution in [0.3, 0.4) is 0 Å². The van der Waals surface area contributed by atoms with Crippen LogP contribution < -0.4 is 0 Å². The van der Waals surface area contributed by atoms with Crippen LogP contribution in [0, 0.1) is 11.3 Å². The molecule has 0 aliphatic heterocycles. The van der Waals surface area contributed by atoms with Crippen LogP contribution in [0.25, 0.3) is 16.8 Å². The molecule has 8 heteroatoms. The van der Waals surface area contributed by atoms with E-state index in [-0.39, 0.29) is 11.3 Å². The highest BCUT2D eigenvalue weighted by Gasteiger charge is 2.38. The van der Waals surface area contributed by atoms with Gasteiger partial charge in [-0.25, -0.2) is 0 Å². The molecule has 0 saturated heterocycles. The van der Waals surface area contributed by atoms with Gasteiger partial charge in [-0.3, -0.25) is 0 Å². The molecule has 0 aliphatic rings. The summed E-state index contributed by atoms with van der Waals surface area (Å²) in [5.74, 6) is -2.08. The van der Waals surface area contributed by atoms with Crippen molar-refractivity contribution in [3.63, 3.8) is 0 Å². The van der Waals surface area contributed by atoms with Gasteiger partial charge >= 0.3 is 6.18 Å². The average molecular weight is 379 g/mol. The molecule has 1 unspecified atom stereocenters. The molecule has 0 N–H and O–H groups in total. The van der Waals surface area contributed by atoms with E-state index in [1.807, 2.05) is 42.5 Å². The molecule has 2 aromatic carbocycles. The number of hydrogen-bond donors (Lipinski definition) is 0. The van der Waals surface area contributed by atoms with Crippen LogP contribution in [0.5, 0.6) is 0 Å². The first-order valence-electron chi connectivity index (χ1n) is 8.32. The van der Waals surface area contributed by atoms with Crippen molar-refractivity contribution in [3.8, 4) is 17.2 Å². The van der Waals surface area contributed by atoms with Gasteiger partial charge in [-0.2, -0.15) is 28.0 Å². The van der Waals surface area contributed by atoms with Crippen LogP contribution in [0.1, 0.15) is 23.0 Å². The lowest BCUT2D eigenvalue weighted by molar-refractivity contribution is -0.146.